The predicted molar refractivity (Wildman–Crippen MR) is 104 cm³/mol. The van der Waals surface area contributed by atoms with Crippen LogP contribution < -0.4 is 20.1 Å². The van der Waals surface area contributed by atoms with Crippen LogP contribution in [0, 0.1) is 5.41 Å². The number of anilines is 1. The average molecular weight is 372 g/mol. The van der Waals surface area contributed by atoms with Gasteiger partial charge in [-0.2, -0.15) is 0 Å². The lowest BCUT2D eigenvalue weighted by molar-refractivity contribution is -0.134. The number of ether oxygens (including phenoxy) is 2. The molecule has 6 heteroatoms. The molecule has 1 aromatic carbocycles. The van der Waals surface area contributed by atoms with Crippen LogP contribution in [0.15, 0.2) is 29.8 Å². The van der Waals surface area contributed by atoms with Gasteiger partial charge in [0.2, 0.25) is 11.8 Å². The van der Waals surface area contributed by atoms with Gasteiger partial charge in [-0.1, -0.05) is 11.6 Å². The molecule has 2 aliphatic rings. The quantitative estimate of drug-likeness (QED) is 0.541. The minimum atomic E-state index is -0.952. The summed E-state index contributed by atoms with van der Waals surface area (Å²) in [5.74, 6) is 0.688. The van der Waals surface area contributed by atoms with Crippen molar-refractivity contribution in [1.82, 2.24) is 5.32 Å². The van der Waals surface area contributed by atoms with E-state index in [0.717, 1.165) is 19.3 Å². The number of benzene rings is 1. The number of carbonyl (C=O) groups is 2. The Balaban J connectivity index is 1.57. The van der Waals surface area contributed by atoms with E-state index in [1.807, 2.05) is 0 Å². The molecule has 146 valence electrons. The van der Waals surface area contributed by atoms with Crippen LogP contribution in [-0.2, 0) is 9.59 Å². The number of methoxy groups -OCH3 is 2. The SMILES string of the molecule is COc1ccc(NC(=O)C2(C(=O)NCCC3=CCCCC3)CC2)c(OC)c1. The van der Waals surface area contributed by atoms with E-state index >= 15 is 0 Å². The van der Waals surface area contributed by atoms with Gasteiger partial charge in [0.25, 0.3) is 0 Å². The first-order valence-electron chi connectivity index (χ1n) is 9.59. The van der Waals surface area contributed by atoms with Crippen LogP contribution in [0.3, 0.4) is 0 Å². The monoisotopic (exact) mass is 372 g/mol. The van der Waals surface area contributed by atoms with E-state index in [-0.39, 0.29) is 11.8 Å². The van der Waals surface area contributed by atoms with Crippen LogP contribution in [0.25, 0.3) is 0 Å². The summed E-state index contributed by atoms with van der Waals surface area (Å²) in [5.41, 5.74) is 1.000. The van der Waals surface area contributed by atoms with Gasteiger partial charge in [0.15, 0.2) is 0 Å². The maximum Gasteiger partial charge on any atom is 0.240 e. The van der Waals surface area contributed by atoms with Gasteiger partial charge in [0.05, 0.1) is 19.9 Å². The Kier molecular flexibility index (Phi) is 6.04. The maximum atomic E-state index is 12.8. The highest BCUT2D eigenvalue weighted by Crippen LogP contribution is 2.47. The van der Waals surface area contributed by atoms with E-state index in [1.165, 1.54) is 25.5 Å². The number of hydrogen-bond acceptors (Lipinski definition) is 4. The van der Waals surface area contributed by atoms with E-state index in [9.17, 15) is 9.59 Å². The predicted octanol–water partition coefficient (Wildman–Crippen LogP) is 3.43. The largest absolute Gasteiger partial charge is 0.497 e. The molecule has 1 aromatic rings. The van der Waals surface area contributed by atoms with E-state index in [2.05, 4.69) is 16.7 Å². The first kappa shape index (κ1) is 19.3. The highest BCUT2D eigenvalue weighted by Gasteiger charge is 2.56. The van der Waals surface area contributed by atoms with Crippen molar-refractivity contribution in [2.24, 2.45) is 5.41 Å². The van der Waals surface area contributed by atoms with Crippen molar-refractivity contribution in [3.05, 3.63) is 29.8 Å². The molecule has 0 saturated heterocycles. The van der Waals surface area contributed by atoms with E-state index in [1.54, 1.807) is 25.3 Å². The Bertz CT molecular complexity index is 738. The fourth-order valence-electron chi connectivity index (χ4n) is 3.46. The zero-order valence-electron chi connectivity index (χ0n) is 16.1. The number of rotatable bonds is 8. The van der Waals surface area contributed by atoms with Crippen LogP contribution in [0.2, 0.25) is 0 Å². The molecule has 3 rings (SSSR count). The standard InChI is InChI=1S/C21H28N2O4/c1-26-16-8-9-17(18(14-16)27-2)23-20(25)21(11-12-21)19(24)22-13-10-15-6-4-3-5-7-15/h6,8-9,14H,3-5,7,10-13H2,1-2H3,(H,22,24)(H,23,25). The number of nitrogens with one attached hydrogen (secondary N) is 2. The summed E-state index contributed by atoms with van der Waals surface area (Å²) in [5, 5.41) is 5.80. The zero-order chi connectivity index (χ0) is 19.3. The Hall–Kier alpha value is -2.50. The molecule has 0 bridgehead atoms. The Morgan fingerprint density at radius 3 is 2.56 bits per heavy atom. The summed E-state index contributed by atoms with van der Waals surface area (Å²) < 4.78 is 10.5. The van der Waals surface area contributed by atoms with Gasteiger partial charge in [-0.15, -0.1) is 0 Å². The average Bonchev–Trinajstić information content (AvgIpc) is 3.51. The van der Waals surface area contributed by atoms with Crippen molar-refractivity contribution in [3.8, 4) is 11.5 Å². The van der Waals surface area contributed by atoms with Crippen LogP contribution >= 0.6 is 0 Å². The van der Waals surface area contributed by atoms with Crippen LogP contribution in [0.5, 0.6) is 11.5 Å². The zero-order valence-corrected chi connectivity index (χ0v) is 16.1. The third kappa shape index (κ3) is 4.43. The number of hydrogen-bond donors (Lipinski definition) is 2. The second kappa shape index (κ2) is 8.46. The molecule has 2 aliphatic carbocycles. The first-order valence-corrected chi connectivity index (χ1v) is 9.59. The van der Waals surface area contributed by atoms with Gasteiger partial charge < -0.3 is 20.1 Å². The molecule has 0 heterocycles. The first-order chi connectivity index (χ1) is 13.1. The lowest BCUT2D eigenvalue weighted by Crippen LogP contribution is -2.40. The summed E-state index contributed by atoms with van der Waals surface area (Å²) in [6.07, 6.45) is 9.06. The Labute approximate surface area is 160 Å². The molecule has 0 spiro atoms. The number of carbonyl (C=O) groups excluding carboxylic acids is 2. The number of allylic oxidation sites excluding steroid dienone is 1. The van der Waals surface area contributed by atoms with Crippen LogP contribution in [-0.4, -0.2) is 32.6 Å². The van der Waals surface area contributed by atoms with Crippen LogP contribution in [0.4, 0.5) is 5.69 Å². The number of amides is 2. The van der Waals surface area contributed by atoms with Gasteiger partial charge in [-0.3, -0.25) is 9.59 Å². The summed E-state index contributed by atoms with van der Waals surface area (Å²) in [6, 6.07) is 5.17. The van der Waals surface area contributed by atoms with E-state index < -0.39 is 5.41 Å². The summed E-state index contributed by atoms with van der Waals surface area (Å²) in [4.78, 5) is 25.4. The summed E-state index contributed by atoms with van der Waals surface area (Å²) >= 11 is 0. The highest BCUT2D eigenvalue weighted by atomic mass is 16.5. The van der Waals surface area contributed by atoms with Crippen molar-refractivity contribution in [1.29, 1.82) is 0 Å². The normalized spacial score (nSPS) is 17.5. The van der Waals surface area contributed by atoms with Crippen molar-refractivity contribution < 1.29 is 19.1 Å². The lowest BCUT2D eigenvalue weighted by Gasteiger charge is -2.18. The smallest absolute Gasteiger partial charge is 0.240 e. The van der Waals surface area contributed by atoms with Gasteiger partial charge in [-0.05, 0) is 57.1 Å². The Morgan fingerprint density at radius 2 is 1.93 bits per heavy atom. The minimum absolute atomic E-state index is 0.177. The maximum absolute atomic E-state index is 12.8. The molecule has 0 radical (unpaired) electrons. The molecule has 0 unspecified atom stereocenters. The summed E-state index contributed by atoms with van der Waals surface area (Å²) in [6.45, 7) is 0.589. The molecular weight excluding hydrogens is 344 g/mol. The fraction of sp³-hybridized carbons (Fsp3) is 0.524. The second-order valence-corrected chi connectivity index (χ2v) is 7.22. The fourth-order valence-corrected chi connectivity index (χ4v) is 3.46. The molecule has 1 saturated carbocycles. The minimum Gasteiger partial charge on any atom is -0.497 e. The molecule has 6 nitrogen and oxygen atoms in total. The molecule has 2 amide bonds. The molecule has 1 fully saturated rings. The topological polar surface area (TPSA) is 76.7 Å². The van der Waals surface area contributed by atoms with Crippen LogP contribution in [0.1, 0.15) is 44.9 Å². The third-order valence-electron chi connectivity index (χ3n) is 5.39. The summed E-state index contributed by atoms with van der Waals surface area (Å²) in [7, 11) is 3.10. The molecule has 0 atom stereocenters. The van der Waals surface area contributed by atoms with Crippen molar-refractivity contribution in [2.45, 2.75) is 44.9 Å². The van der Waals surface area contributed by atoms with Gasteiger partial charge in [-0.25, -0.2) is 0 Å². The lowest BCUT2D eigenvalue weighted by atomic mass is 9.97. The molecule has 0 aliphatic heterocycles. The molecule has 27 heavy (non-hydrogen) atoms. The van der Waals surface area contributed by atoms with Gasteiger partial charge in [0, 0.05) is 12.6 Å². The Morgan fingerprint density at radius 1 is 1.11 bits per heavy atom. The third-order valence-corrected chi connectivity index (χ3v) is 5.39. The van der Waals surface area contributed by atoms with Crippen molar-refractivity contribution >= 4 is 17.5 Å². The van der Waals surface area contributed by atoms with Gasteiger partial charge >= 0.3 is 0 Å². The van der Waals surface area contributed by atoms with Crippen molar-refractivity contribution in [3.63, 3.8) is 0 Å². The molecule has 2 N–H and O–H groups in total. The molecule has 0 aromatic heterocycles. The second-order valence-electron chi connectivity index (χ2n) is 7.22. The highest BCUT2D eigenvalue weighted by molar-refractivity contribution is 6.13. The van der Waals surface area contributed by atoms with E-state index in [4.69, 9.17) is 9.47 Å². The van der Waals surface area contributed by atoms with Crippen molar-refractivity contribution in [2.75, 3.05) is 26.1 Å². The van der Waals surface area contributed by atoms with Gasteiger partial charge in [0.1, 0.15) is 16.9 Å². The van der Waals surface area contributed by atoms with E-state index in [0.29, 0.717) is 36.6 Å². The molecular formula is C21H28N2O4.